The maximum atomic E-state index is 10.3. The quantitative estimate of drug-likeness (QED) is 0.624. The summed E-state index contributed by atoms with van der Waals surface area (Å²) >= 11 is 0. The summed E-state index contributed by atoms with van der Waals surface area (Å²) < 4.78 is 0. The van der Waals surface area contributed by atoms with E-state index in [0.717, 1.165) is 12.0 Å². The number of pyridine rings is 1. The summed E-state index contributed by atoms with van der Waals surface area (Å²) in [6.45, 7) is 2.64. The highest BCUT2D eigenvalue weighted by molar-refractivity contribution is 5.46. The molecule has 0 aliphatic rings. The zero-order valence-electron chi connectivity index (χ0n) is 7.32. The van der Waals surface area contributed by atoms with Crippen molar-refractivity contribution in [2.24, 2.45) is 0 Å². The zero-order valence-corrected chi connectivity index (χ0v) is 7.32. The van der Waals surface area contributed by atoms with Gasteiger partial charge < -0.3 is 4.90 Å². The van der Waals surface area contributed by atoms with Crippen LogP contribution in [0.5, 0.6) is 0 Å². The second kappa shape index (κ2) is 3.85. The Morgan fingerprint density at radius 2 is 2.42 bits per heavy atom. The van der Waals surface area contributed by atoms with Gasteiger partial charge in [0.15, 0.2) is 0 Å². The van der Waals surface area contributed by atoms with Gasteiger partial charge in [0.05, 0.1) is 0 Å². The molecule has 0 spiro atoms. The van der Waals surface area contributed by atoms with E-state index in [1.807, 2.05) is 13.0 Å². The second-order valence-electron chi connectivity index (χ2n) is 2.82. The maximum Gasteiger partial charge on any atom is 0.209 e. The van der Waals surface area contributed by atoms with Crippen LogP contribution in [0, 0.1) is 6.92 Å². The molecule has 0 atom stereocenters. The topological polar surface area (TPSA) is 33.2 Å². The minimum atomic E-state index is 0.628. The molecular formula is C9H12N2O. The van der Waals surface area contributed by atoms with E-state index >= 15 is 0 Å². The first kappa shape index (κ1) is 8.71. The summed E-state index contributed by atoms with van der Waals surface area (Å²) in [6.07, 6.45) is 4.35. The Hall–Kier alpha value is -1.38. The fourth-order valence-corrected chi connectivity index (χ4v) is 0.968. The molecule has 0 aliphatic carbocycles. The summed E-state index contributed by atoms with van der Waals surface area (Å²) in [4.78, 5) is 15.9. The van der Waals surface area contributed by atoms with Gasteiger partial charge in [-0.1, -0.05) is 0 Å². The summed E-state index contributed by atoms with van der Waals surface area (Å²) in [5.74, 6) is 0. The van der Waals surface area contributed by atoms with Crippen molar-refractivity contribution in [3.8, 4) is 0 Å². The summed E-state index contributed by atoms with van der Waals surface area (Å²) in [7, 11) is 1.75. The van der Waals surface area contributed by atoms with Crippen LogP contribution in [-0.2, 0) is 11.3 Å². The van der Waals surface area contributed by atoms with E-state index in [4.69, 9.17) is 0 Å². The molecule has 64 valence electrons. The Balaban J connectivity index is 2.75. The fraction of sp³-hybridized carbons (Fsp3) is 0.333. The number of nitrogens with zero attached hydrogens (tertiary/aromatic N) is 2. The molecule has 0 bridgehead atoms. The maximum absolute atomic E-state index is 10.3. The summed E-state index contributed by atoms with van der Waals surface area (Å²) in [5.41, 5.74) is 2.26. The monoisotopic (exact) mass is 164 g/mol. The first-order valence-corrected chi connectivity index (χ1v) is 3.79. The number of carbonyl (C=O) groups is 1. The first-order chi connectivity index (χ1) is 5.74. The molecule has 0 radical (unpaired) electrons. The zero-order chi connectivity index (χ0) is 8.97. The van der Waals surface area contributed by atoms with Crippen LogP contribution in [0.1, 0.15) is 11.1 Å². The molecule has 0 saturated heterocycles. The molecule has 1 amide bonds. The molecule has 0 aliphatic heterocycles. The highest BCUT2D eigenvalue weighted by Crippen LogP contribution is 2.06. The minimum absolute atomic E-state index is 0.628. The summed E-state index contributed by atoms with van der Waals surface area (Å²) in [6, 6.07) is 1.94. The molecule has 1 aromatic heterocycles. The van der Waals surface area contributed by atoms with Crippen LogP contribution in [-0.4, -0.2) is 23.3 Å². The van der Waals surface area contributed by atoms with Crippen molar-refractivity contribution in [1.29, 1.82) is 0 Å². The van der Waals surface area contributed by atoms with Crippen molar-refractivity contribution < 1.29 is 4.79 Å². The fourth-order valence-electron chi connectivity index (χ4n) is 0.968. The number of aryl methyl sites for hydroxylation is 1. The van der Waals surface area contributed by atoms with Gasteiger partial charge >= 0.3 is 0 Å². The Labute approximate surface area is 72.0 Å². The van der Waals surface area contributed by atoms with Crippen molar-refractivity contribution in [2.45, 2.75) is 13.5 Å². The van der Waals surface area contributed by atoms with Crippen LogP contribution < -0.4 is 0 Å². The molecule has 3 heteroatoms. The molecule has 0 aromatic carbocycles. The first-order valence-electron chi connectivity index (χ1n) is 3.79. The lowest BCUT2D eigenvalue weighted by molar-refractivity contribution is -0.117. The molecule has 12 heavy (non-hydrogen) atoms. The largest absolute Gasteiger partial charge is 0.344 e. The molecule has 0 unspecified atom stereocenters. The van der Waals surface area contributed by atoms with Crippen LogP contribution >= 0.6 is 0 Å². The van der Waals surface area contributed by atoms with Gasteiger partial charge in [0.2, 0.25) is 6.41 Å². The van der Waals surface area contributed by atoms with Gasteiger partial charge in [0.25, 0.3) is 0 Å². The van der Waals surface area contributed by atoms with Crippen molar-refractivity contribution in [3.63, 3.8) is 0 Å². The number of hydrogen-bond donors (Lipinski definition) is 0. The van der Waals surface area contributed by atoms with Crippen molar-refractivity contribution >= 4 is 6.41 Å². The lowest BCUT2D eigenvalue weighted by Gasteiger charge is -2.11. The standard InChI is InChI=1S/C9H12N2O/c1-8-3-4-10-5-9(8)6-11(2)7-12/h3-5,7H,6H2,1-2H3. The lowest BCUT2D eigenvalue weighted by Crippen LogP contribution is -2.15. The average Bonchev–Trinajstić information content (AvgIpc) is 2.09. The second-order valence-corrected chi connectivity index (χ2v) is 2.82. The van der Waals surface area contributed by atoms with Crippen LogP contribution in [0.2, 0.25) is 0 Å². The van der Waals surface area contributed by atoms with Crippen molar-refractivity contribution in [1.82, 2.24) is 9.88 Å². The number of rotatable bonds is 3. The number of amides is 1. The van der Waals surface area contributed by atoms with Gasteiger partial charge in [0, 0.05) is 26.0 Å². The van der Waals surface area contributed by atoms with Crippen molar-refractivity contribution in [2.75, 3.05) is 7.05 Å². The van der Waals surface area contributed by atoms with Crippen LogP contribution in [0.3, 0.4) is 0 Å². The van der Waals surface area contributed by atoms with Gasteiger partial charge in [-0.3, -0.25) is 9.78 Å². The van der Waals surface area contributed by atoms with E-state index in [-0.39, 0.29) is 0 Å². The van der Waals surface area contributed by atoms with E-state index < -0.39 is 0 Å². The number of carbonyl (C=O) groups excluding carboxylic acids is 1. The molecular weight excluding hydrogens is 152 g/mol. The Morgan fingerprint density at radius 1 is 1.67 bits per heavy atom. The molecule has 0 fully saturated rings. The van der Waals surface area contributed by atoms with E-state index in [9.17, 15) is 4.79 Å². The summed E-state index contributed by atoms with van der Waals surface area (Å²) in [5, 5.41) is 0. The Kier molecular flexibility index (Phi) is 2.80. The van der Waals surface area contributed by atoms with Gasteiger partial charge in [0.1, 0.15) is 0 Å². The lowest BCUT2D eigenvalue weighted by atomic mass is 10.1. The van der Waals surface area contributed by atoms with Gasteiger partial charge in [-0.25, -0.2) is 0 Å². The third-order valence-corrected chi connectivity index (χ3v) is 1.75. The smallest absolute Gasteiger partial charge is 0.209 e. The van der Waals surface area contributed by atoms with Gasteiger partial charge in [-0.15, -0.1) is 0 Å². The molecule has 1 rings (SSSR count). The Bertz CT molecular complexity index is 273. The SMILES string of the molecule is Cc1ccncc1CN(C)C=O. The van der Waals surface area contributed by atoms with E-state index in [1.54, 1.807) is 24.3 Å². The average molecular weight is 164 g/mol. The predicted octanol–water partition coefficient (Wildman–Crippen LogP) is 0.978. The highest BCUT2D eigenvalue weighted by Gasteiger charge is 1.99. The number of aromatic nitrogens is 1. The highest BCUT2D eigenvalue weighted by atomic mass is 16.1. The molecule has 3 nitrogen and oxygen atoms in total. The van der Waals surface area contributed by atoms with E-state index in [2.05, 4.69) is 4.98 Å². The normalized spacial score (nSPS) is 9.50. The Morgan fingerprint density at radius 3 is 3.00 bits per heavy atom. The molecule has 1 aromatic rings. The number of hydrogen-bond acceptors (Lipinski definition) is 2. The van der Waals surface area contributed by atoms with Crippen molar-refractivity contribution in [3.05, 3.63) is 29.6 Å². The molecule has 1 heterocycles. The molecule has 0 saturated carbocycles. The third-order valence-electron chi connectivity index (χ3n) is 1.75. The third kappa shape index (κ3) is 2.05. The van der Waals surface area contributed by atoms with E-state index in [1.165, 1.54) is 5.56 Å². The van der Waals surface area contributed by atoms with Crippen LogP contribution in [0.15, 0.2) is 18.5 Å². The van der Waals surface area contributed by atoms with E-state index in [0.29, 0.717) is 6.54 Å². The van der Waals surface area contributed by atoms with Crippen LogP contribution in [0.25, 0.3) is 0 Å². The van der Waals surface area contributed by atoms with Gasteiger partial charge in [-0.05, 0) is 24.1 Å². The van der Waals surface area contributed by atoms with Gasteiger partial charge in [-0.2, -0.15) is 0 Å². The van der Waals surface area contributed by atoms with Crippen LogP contribution in [0.4, 0.5) is 0 Å². The minimum Gasteiger partial charge on any atom is -0.344 e. The predicted molar refractivity (Wildman–Crippen MR) is 46.5 cm³/mol. The molecule has 0 N–H and O–H groups in total.